The molecule has 0 aliphatic carbocycles. The fraction of sp³-hybridized carbons (Fsp3) is 0.444. The van der Waals surface area contributed by atoms with Crippen molar-refractivity contribution >= 4 is 21.4 Å². The number of benzene rings is 1. The van der Waals surface area contributed by atoms with Crippen LogP contribution in [0, 0.1) is 0 Å². The van der Waals surface area contributed by atoms with Crippen LogP contribution in [0.15, 0.2) is 34.5 Å². The molecular weight excluding hydrogens is 358 g/mol. The molecule has 136 valence electrons. The second kappa shape index (κ2) is 7.76. The molecular formula is C18H23NO4S2. The molecule has 1 aliphatic heterocycles. The van der Waals surface area contributed by atoms with Gasteiger partial charge in [0.25, 0.3) is 0 Å². The number of hydrogen-bond donors (Lipinski definition) is 1. The molecule has 1 atom stereocenters. The van der Waals surface area contributed by atoms with Gasteiger partial charge >= 0.3 is 0 Å². The molecule has 0 bridgehead atoms. The van der Waals surface area contributed by atoms with Crippen molar-refractivity contribution in [2.75, 3.05) is 19.8 Å². The molecule has 0 radical (unpaired) electrons. The van der Waals surface area contributed by atoms with Crippen molar-refractivity contribution in [2.24, 2.45) is 0 Å². The number of rotatable bonds is 7. The molecule has 3 rings (SSSR count). The Bertz CT molecular complexity index is 829. The van der Waals surface area contributed by atoms with Gasteiger partial charge in [-0.2, -0.15) is 0 Å². The Morgan fingerprint density at radius 1 is 1.16 bits per heavy atom. The first-order valence-electron chi connectivity index (χ1n) is 8.47. The van der Waals surface area contributed by atoms with E-state index < -0.39 is 10.0 Å². The highest BCUT2D eigenvalue weighted by Crippen LogP contribution is 2.33. The van der Waals surface area contributed by atoms with Crippen molar-refractivity contribution in [3.63, 3.8) is 0 Å². The lowest BCUT2D eigenvalue weighted by molar-refractivity contribution is 0.171. The lowest BCUT2D eigenvalue weighted by Crippen LogP contribution is -2.25. The Morgan fingerprint density at radius 3 is 2.64 bits per heavy atom. The van der Waals surface area contributed by atoms with Gasteiger partial charge in [0.05, 0.1) is 0 Å². The molecule has 1 aromatic heterocycles. The summed E-state index contributed by atoms with van der Waals surface area (Å²) in [5, 5.41) is 0. The topological polar surface area (TPSA) is 64.6 Å². The summed E-state index contributed by atoms with van der Waals surface area (Å²) in [6.45, 7) is 5.64. The number of ether oxygens (including phenoxy) is 2. The highest BCUT2D eigenvalue weighted by molar-refractivity contribution is 7.91. The largest absolute Gasteiger partial charge is 0.486 e. The molecule has 2 heterocycles. The molecule has 1 unspecified atom stereocenters. The molecule has 1 N–H and O–H groups in total. The highest BCUT2D eigenvalue weighted by Gasteiger charge is 2.18. The van der Waals surface area contributed by atoms with Gasteiger partial charge < -0.3 is 9.47 Å². The molecule has 1 aromatic carbocycles. The summed E-state index contributed by atoms with van der Waals surface area (Å²) in [7, 11) is -3.42. The molecule has 1 aliphatic rings. The van der Waals surface area contributed by atoms with Crippen LogP contribution in [0.5, 0.6) is 11.5 Å². The second-order valence-corrected chi connectivity index (χ2v) is 9.23. The maximum absolute atomic E-state index is 12.3. The van der Waals surface area contributed by atoms with Crippen molar-refractivity contribution in [2.45, 2.75) is 36.8 Å². The molecule has 0 amide bonds. The quantitative estimate of drug-likeness (QED) is 0.796. The van der Waals surface area contributed by atoms with Gasteiger partial charge in [-0.15, -0.1) is 11.3 Å². The Morgan fingerprint density at radius 2 is 1.92 bits per heavy atom. The van der Waals surface area contributed by atoms with Crippen LogP contribution in [-0.4, -0.2) is 28.2 Å². The van der Waals surface area contributed by atoms with Gasteiger partial charge in [0.1, 0.15) is 17.4 Å². The van der Waals surface area contributed by atoms with Crippen molar-refractivity contribution in [3.8, 4) is 11.5 Å². The van der Waals surface area contributed by atoms with Gasteiger partial charge in [0, 0.05) is 11.4 Å². The van der Waals surface area contributed by atoms with Crippen molar-refractivity contribution in [1.29, 1.82) is 0 Å². The first-order chi connectivity index (χ1) is 12.0. The zero-order valence-electron chi connectivity index (χ0n) is 14.4. The van der Waals surface area contributed by atoms with Crippen LogP contribution < -0.4 is 14.2 Å². The summed E-state index contributed by atoms with van der Waals surface area (Å²) in [5.41, 5.74) is 1.12. The summed E-state index contributed by atoms with van der Waals surface area (Å²) < 4.78 is 38.9. The van der Waals surface area contributed by atoms with Crippen LogP contribution in [0.2, 0.25) is 0 Å². The first-order valence-corrected chi connectivity index (χ1v) is 10.8. The normalized spacial score (nSPS) is 15.1. The number of fused-ring (bicyclic) bond motifs is 1. The minimum absolute atomic E-state index is 0.216. The van der Waals surface area contributed by atoms with Crippen molar-refractivity contribution in [1.82, 2.24) is 4.72 Å². The van der Waals surface area contributed by atoms with E-state index in [2.05, 4.69) is 11.6 Å². The van der Waals surface area contributed by atoms with Crippen molar-refractivity contribution < 1.29 is 17.9 Å². The van der Waals surface area contributed by atoms with Gasteiger partial charge in [0.15, 0.2) is 11.5 Å². The van der Waals surface area contributed by atoms with E-state index in [1.165, 1.54) is 11.3 Å². The van der Waals surface area contributed by atoms with Crippen LogP contribution in [-0.2, 0) is 16.4 Å². The van der Waals surface area contributed by atoms with E-state index in [0.717, 1.165) is 28.4 Å². The monoisotopic (exact) mass is 381 g/mol. The number of aryl methyl sites for hydroxylation is 1. The SMILES string of the molecule is CCc1ccc(S(=O)(=O)NCCC(C)c2ccc3c(c2)OCCO3)s1. The number of thiophene rings is 1. The lowest BCUT2D eigenvalue weighted by Gasteiger charge is -2.20. The predicted molar refractivity (Wildman–Crippen MR) is 99.3 cm³/mol. The summed E-state index contributed by atoms with van der Waals surface area (Å²) in [4.78, 5) is 1.07. The Kier molecular flexibility index (Phi) is 5.66. The summed E-state index contributed by atoms with van der Waals surface area (Å²) in [6, 6.07) is 9.47. The summed E-state index contributed by atoms with van der Waals surface area (Å²) in [5.74, 6) is 1.75. The molecule has 0 saturated carbocycles. The number of nitrogens with one attached hydrogen (secondary N) is 1. The van der Waals surface area contributed by atoms with E-state index in [1.54, 1.807) is 6.07 Å². The Hall–Kier alpha value is -1.57. The summed E-state index contributed by atoms with van der Waals surface area (Å²) in [6.07, 6.45) is 1.56. The molecule has 2 aromatic rings. The van der Waals surface area contributed by atoms with E-state index >= 15 is 0 Å². The molecule has 0 spiro atoms. The molecule has 25 heavy (non-hydrogen) atoms. The van der Waals surface area contributed by atoms with E-state index in [9.17, 15) is 8.42 Å². The van der Waals surface area contributed by atoms with Gasteiger partial charge in [-0.1, -0.05) is 19.9 Å². The number of hydrogen-bond acceptors (Lipinski definition) is 5. The van der Waals surface area contributed by atoms with E-state index in [-0.39, 0.29) is 5.92 Å². The Balaban J connectivity index is 1.58. The third-order valence-electron chi connectivity index (χ3n) is 4.26. The standard InChI is InChI=1S/C18H23NO4S2/c1-3-15-5-7-18(24-15)25(20,21)19-9-8-13(2)14-4-6-16-17(12-14)23-11-10-22-16/h4-7,12-13,19H,3,8-11H2,1-2H3. The van der Waals surface area contributed by atoms with Crippen LogP contribution >= 0.6 is 11.3 Å². The third-order valence-corrected chi connectivity index (χ3v) is 7.44. The molecule has 5 nitrogen and oxygen atoms in total. The van der Waals surface area contributed by atoms with Gasteiger partial charge in [-0.25, -0.2) is 13.1 Å². The minimum atomic E-state index is -3.42. The zero-order valence-corrected chi connectivity index (χ0v) is 16.1. The Labute approximate surface area is 153 Å². The number of sulfonamides is 1. The smallest absolute Gasteiger partial charge is 0.250 e. The van der Waals surface area contributed by atoms with E-state index in [4.69, 9.17) is 9.47 Å². The van der Waals surface area contributed by atoms with E-state index in [1.807, 2.05) is 31.2 Å². The average molecular weight is 382 g/mol. The second-order valence-electron chi connectivity index (χ2n) is 6.06. The fourth-order valence-electron chi connectivity index (χ4n) is 2.71. The van der Waals surface area contributed by atoms with Gasteiger partial charge in [-0.05, 0) is 48.6 Å². The maximum atomic E-state index is 12.3. The summed E-state index contributed by atoms with van der Waals surface area (Å²) >= 11 is 1.33. The predicted octanol–water partition coefficient (Wildman–Crippen LogP) is 3.55. The molecule has 0 fully saturated rings. The lowest BCUT2D eigenvalue weighted by atomic mass is 9.97. The molecule has 7 heteroatoms. The van der Waals surface area contributed by atoms with Crippen molar-refractivity contribution in [3.05, 3.63) is 40.8 Å². The minimum Gasteiger partial charge on any atom is -0.486 e. The van der Waals surface area contributed by atoms with E-state index in [0.29, 0.717) is 30.4 Å². The zero-order chi connectivity index (χ0) is 17.9. The molecule has 0 saturated heterocycles. The maximum Gasteiger partial charge on any atom is 0.250 e. The fourth-order valence-corrected chi connectivity index (χ4v) is 5.09. The van der Waals surface area contributed by atoms with Crippen LogP contribution in [0.3, 0.4) is 0 Å². The first kappa shape index (κ1) is 18.2. The highest BCUT2D eigenvalue weighted by atomic mass is 32.2. The van der Waals surface area contributed by atoms with Crippen LogP contribution in [0.25, 0.3) is 0 Å². The third kappa shape index (κ3) is 4.34. The van der Waals surface area contributed by atoms with Gasteiger partial charge in [0.2, 0.25) is 10.0 Å². The average Bonchev–Trinajstić information content (AvgIpc) is 3.11. The van der Waals surface area contributed by atoms with Crippen LogP contribution in [0.1, 0.15) is 36.6 Å². The van der Waals surface area contributed by atoms with Gasteiger partial charge in [-0.3, -0.25) is 0 Å². The van der Waals surface area contributed by atoms with Crippen LogP contribution in [0.4, 0.5) is 0 Å².